The molecule has 0 fully saturated rings. The van der Waals surface area contributed by atoms with Crippen LogP contribution in [0, 0.1) is 5.82 Å². The Kier molecular flexibility index (Phi) is 7.84. The number of benzene rings is 2. The summed E-state index contributed by atoms with van der Waals surface area (Å²) < 4.78 is 27.2. The molecule has 0 bridgehead atoms. The number of nitrogens with one attached hydrogen (secondary N) is 1. The Hall–Kier alpha value is -2.17. The van der Waals surface area contributed by atoms with Gasteiger partial charge >= 0.3 is 0 Å². The van der Waals surface area contributed by atoms with Gasteiger partial charge in [0, 0.05) is 35.9 Å². The van der Waals surface area contributed by atoms with Gasteiger partial charge in [-0.1, -0.05) is 39.8 Å². The van der Waals surface area contributed by atoms with E-state index < -0.39 is 0 Å². The first-order valence-corrected chi connectivity index (χ1v) is 10.6. The van der Waals surface area contributed by atoms with E-state index >= 15 is 0 Å². The Balaban J connectivity index is 1.62. The van der Waals surface area contributed by atoms with Crippen molar-refractivity contribution in [3.05, 3.63) is 57.8 Å². The number of rotatable bonds is 10. The molecule has 1 aromatic heterocycles. The van der Waals surface area contributed by atoms with Crippen molar-refractivity contribution in [3.8, 4) is 11.5 Å². The molecule has 0 aliphatic carbocycles. The molecule has 0 aliphatic rings. The largest absolute Gasteiger partial charge is 0.493 e. The first-order valence-electron chi connectivity index (χ1n) is 8.87. The van der Waals surface area contributed by atoms with Gasteiger partial charge in [-0.05, 0) is 40.3 Å². The summed E-state index contributed by atoms with van der Waals surface area (Å²) in [6.07, 6.45) is 0. The maximum Gasteiger partial charge on any atom is 0.209 e. The minimum atomic E-state index is -0.270. The van der Waals surface area contributed by atoms with Crippen LogP contribution in [0.4, 0.5) is 4.39 Å². The van der Waals surface area contributed by atoms with Gasteiger partial charge in [0.1, 0.15) is 12.4 Å². The van der Waals surface area contributed by atoms with E-state index in [-0.39, 0.29) is 5.82 Å². The smallest absolute Gasteiger partial charge is 0.209 e. The average molecular weight is 482 g/mol. The molecule has 0 spiro atoms. The summed E-state index contributed by atoms with van der Waals surface area (Å²) in [7, 11) is 3.42. The van der Waals surface area contributed by atoms with Gasteiger partial charge in [-0.15, -0.1) is 5.10 Å². The van der Waals surface area contributed by atoms with Gasteiger partial charge in [0.05, 0.1) is 7.11 Å². The van der Waals surface area contributed by atoms with Crippen LogP contribution in [-0.4, -0.2) is 39.6 Å². The maximum absolute atomic E-state index is 13.1. The van der Waals surface area contributed by atoms with Crippen LogP contribution in [0.5, 0.6) is 11.5 Å². The second-order valence-electron chi connectivity index (χ2n) is 6.08. The van der Waals surface area contributed by atoms with Crippen LogP contribution in [0.15, 0.2) is 46.0 Å². The van der Waals surface area contributed by atoms with E-state index in [1.165, 1.54) is 12.1 Å². The highest BCUT2D eigenvalue weighted by atomic mass is 79.9. The average Bonchev–Trinajstić information content (AvgIpc) is 3.13. The van der Waals surface area contributed by atoms with Crippen LogP contribution in [-0.2, 0) is 20.2 Å². The summed E-state index contributed by atoms with van der Waals surface area (Å²) >= 11 is 5.18. The fourth-order valence-corrected chi connectivity index (χ4v) is 3.77. The molecule has 3 aromatic rings. The number of thioether (sulfide) groups is 1. The van der Waals surface area contributed by atoms with E-state index in [2.05, 4.69) is 36.8 Å². The Labute approximate surface area is 181 Å². The topological polar surface area (TPSA) is 74.1 Å². The summed E-state index contributed by atoms with van der Waals surface area (Å²) in [4.78, 5) is 0. The number of aromatic nitrogens is 4. The second kappa shape index (κ2) is 10.6. The zero-order chi connectivity index (χ0) is 20.6. The van der Waals surface area contributed by atoms with E-state index in [9.17, 15) is 4.39 Å². The molecule has 3 rings (SSSR count). The first kappa shape index (κ1) is 21.5. The fourth-order valence-electron chi connectivity index (χ4n) is 2.57. The lowest BCUT2D eigenvalue weighted by Crippen LogP contribution is -2.18. The predicted octanol–water partition coefficient (Wildman–Crippen LogP) is 3.58. The van der Waals surface area contributed by atoms with E-state index in [4.69, 9.17) is 9.47 Å². The van der Waals surface area contributed by atoms with Gasteiger partial charge in [0.2, 0.25) is 5.16 Å². The highest BCUT2D eigenvalue weighted by Gasteiger charge is 2.15. The third kappa shape index (κ3) is 5.91. The zero-order valence-electron chi connectivity index (χ0n) is 16.1. The van der Waals surface area contributed by atoms with Crippen molar-refractivity contribution in [3.63, 3.8) is 0 Å². The monoisotopic (exact) mass is 481 g/mol. The van der Waals surface area contributed by atoms with Crippen LogP contribution >= 0.6 is 27.7 Å². The Bertz CT molecular complexity index is 939. The normalized spacial score (nSPS) is 10.9. The number of halogens is 2. The molecule has 0 unspecified atom stereocenters. The molecule has 1 heterocycles. The lowest BCUT2D eigenvalue weighted by molar-refractivity contribution is 0.280. The van der Waals surface area contributed by atoms with Crippen molar-refractivity contribution in [1.82, 2.24) is 25.5 Å². The number of hydrogen-bond acceptors (Lipinski definition) is 7. The molecule has 1 N–H and O–H groups in total. The lowest BCUT2D eigenvalue weighted by Gasteiger charge is -2.17. The van der Waals surface area contributed by atoms with Crippen LogP contribution in [0.1, 0.15) is 11.1 Å². The van der Waals surface area contributed by atoms with Gasteiger partial charge < -0.3 is 14.8 Å². The van der Waals surface area contributed by atoms with Crippen LogP contribution in [0.2, 0.25) is 0 Å². The number of hydrogen-bond donors (Lipinski definition) is 1. The highest BCUT2D eigenvalue weighted by Crippen LogP contribution is 2.36. The predicted molar refractivity (Wildman–Crippen MR) is 113 cm³/mol. The van der Waals surface area contributed by atoms with E-state index in [0.717, 1.165) is 33.1 Å². The van der Waals surface area contributed by atoms with Crippen molar-refractivity contribution in [1.29, 1.82) is 0 Å². The molecule has 0 amide bonds. The van der Waals surface area contributed by atoms with Crippen molar-refractivity contribution < 1.29 is 13.9 Å². The summed E-state index contributed by atoms with van der Waals surface area (Å²) in [5.41, 5.74) is 1.83. The Morgan fingerprint density at radius 1 is 1.21 bits per heavy atom. The number of methoxy groups -OCH3 is 1. The molecule has 154 valence electrons. The molecule has 0 saturated heterocycles. The van der Waals surface area contributed by atoms with Crippen LogP contribution in [0.25, 0.3) is 0 Å². The SMILES string of the molecule is COc1ccc(Br)c(CNCCSc2nnnn2C)c1OCc1ccc(F)cc1. The molecule has 7 nitrogen and oxygen atoms in total. The number of nitrogens with zero attached hydrogens (tertiary/aromatic N) is 4. The van der Waals surface area contributed by atoms with Crippen LogP contribution in [0.3, 0.4) is 0 Å². The Morgan fingerprint density at radius 3 is 2.69 bits per heavy atom. The molecular formula is C19H21BrFN5O2S. The van der Waals surface area contributed by atoms with Crippen LogP contribution < -0.4 is 14.8 Å². The van der Waals surface area contributed by atoms with Crippen molar-refractivity contribution in [2.24, 2.45) is 7.05 Å². The van der Waals surface area contributed by atoms with Crippen molar-refractivity contribution in [2.75, 3.05) is 19.4 Å². The molecule has 0 radical (unpaired) electrons. The maximum atomic E-state index is 13.1. The molecule has 2 aromatic carbocycles. The van der Waals surface area contributed by atoms with Gasteiger partial charge in [-0.25, -0.2) is 9.07 Å². The zero-order valence-corrected chi connectivity index (χ0v) is 18.5. The highest BCUT2D eigenvalue weighted by molar-refractivity contribution is 9.10. The van der Waals surface area contributed by atoms with Gasteiger partial charge in [-0.3, -0.25) is 0 Å². The van der Waals surface area contributed by atoms with Gasteiger partial charge in [-0.2, -0.15) is 0 Å². The first-order chi connectivity index (χ1) is 14.1. The minimum absolute atomic E-state index is 0.270. The lowest BCUT2D eigenvalue weighted by atomic mass is 10.1. The fraction of sp³-hybridized carbons (Fsp3) is 0.316. The van der Waals surface area contributed by atoms with E-state index in [1.807, 2.05) is 19.2 Å². The third-order valence-corrected chi connectivity index (χ3v) is 5.83. The molecule has 29 heavy (non-hydrogen) atoms. The number of aryl methyl sites for hydroxylation is 1. The summed E-state index contributed by atoms with van der Waals surface area (Å²) in [6.45, 7) is 1.67. The van der Waals surface area contributed by atoms with E-state index in [1.54, 1.807) is 35.7 Å². The molecule has 0 aliphatic heterocycles. The molecule has 0 atom stereocenters. The summed E-state index contributed by atoms with van der Waals surface area (Å²) in [6, 6.07) is 10.0. The molecular weight excluding hydrogens is 461 g/mol. The second-order valence-corrected chi connectivity index (χ2v) is 8.00. The molecule has 0 saturated carbocycles. The summed E-state index contributed by atoms with van der Waals surface area (Å²) in [5.74, 6) is 1.85. The molecule has 10 heteroatoms. The third-order valence-electron chi connectivity index (χ3n) is 4.08. The minimum Gasteiger partial charge on any atom is -0.493 e. The van der Waals surface area contributed by atoms with Crippen molar-refractivity contribution >= 4 is 27.7 Å². The van der Waals surface area contributed by atoms with Gasteiger partial charge in [0.15, 0.2) is 11.5 Å². The number of ether oxygens (including phenoxy) is 2. The van der Waals surface area contributed by atoms with Crippen molar-refractivity contribution in [2.45, 2.75) is 18.3 Å². The van der Waals surface area contributed by atoms with E-state index in [0.29, 0.717) is 24.7 Å². The Morgan fingerprint density at radius 2 is 2.00 bits per heavy atom. The summed E-state index contributed by atoms with van der Waals surface area (Å²) in [5, 5.41) is 15.6. The standard InChI is InChI=1S/C19H21BrFN5O2S/c1-26-19(23-24-25-26)29-10-9-22-11-15-16(20)7-8-17(27-2)18(15)28-12-13-3-5-14(21)6-4-13/h3-8,22H,9-12H2,1-2H3. The number of tetrazole rings is 1. The quantitative estimate of drug-likeness (QED) is 0.350. The van der Waals surface area contributed by atoms with Gasteiger partial charge in [0.25, 0.3) is 0 Å².